The summed E-state index contributed by atoms with van der Waals surface area (Å²) < 4.78 is 1.18. The van der Waals surface area contributed by atoms with Crippen LogP contribution in [0.3, 0.4) is 0 Å². The Morgan fingerprint density at radius 3 is 2.80 bits per heavy atom. The molecule has 0 atom stereocenters. The van der Waals surface area contributed by atoms with Crippen LogP contribution in [0.4, 0.5) is 0 Å². The van der Waals surface area contributed by atoms with Crippen molar-refractivity contribution in [2.75, 3.05) is 6.54 Å². The number of aliphatic carboxylic acids is 1. The summed E-state index contributed by atoms with van der Waals surface area (Å²) in [5, 5.41) is 11.9. The number of carbonyl (C=O) groups is 2. The maximum absolute atomic E-state index is 11.3. The topological polar surface area (TPSA) is 79.3 Å². The highest BCUT2D eigenvalue weighted by Gasteiger charge is 2.05. The Labute approximate surface area is 120 Å². The van der Waals surface area contributed by atoms with Crippen molar-refractivity contribution in [3.63, 3.8) is 0 Å². The van der Waals surface area contributed by atoms with E-state index in [4.69, 9.17) is 5.11 Å². The van der Waals surface area contributed by atoms with E-state index in [2.05, 4.69) is 16.4 Å². The number of carboxylic acid groups (broad SMARTS) is 1. The summed E-state index contributed by atoms with van der Waals surface area (Å²) in [4.78, 5) is 26.1. The minimum Gasteiger partial charge on any atom is -0.480 e. The molecule has 0 unspecified atom stereocenters. The molecule has 5 nitrogen and oxygen atoms in total. The molecule has 0 fully saturated rings. The minimum atomic E-state index is -1.02. The molecule has 1 heterocycles. The number of nitrogens with one attached hydrogen (secondary N) is 1. The first-order chi connectivity index (χ1) is 9.65. The first-order valence-electron chi connectivity index (χ1n) is 6.48. The summed E-state index contributed by atoms with van der Waals surface area (Å²) in [6.07, 6.45) is 2.82. The number of amides is 1. The molecule has 1 aromatic heterocycles. The number of thiazole rings is 1. The predicted molar refractivity (Wildman–Crippen MR) is 77.8 cm³/mol. The van der Waals surface area contributed by atoms with Crippen molar-refractivity contribution in [2.24, 2.45) is 0 Å². The summed E-state index contributed by atoms with van der Waals surface area (Å²) >= 11 is 1.68. The van der Waals surface area contributed by atoms with Gasteiger partial charge in [-0.15, -0.1) is 11.3 Å². The van der Waals surface area contributed by atoms with E-state index in [0.717, 1.165) is 29.8 Å². The molecule has 0 radical (unpaired) electrons. The normalized spacial score (nSPS) is 10.6. The summed E-state index contributed by atoms with van der Waals surface area (Å²) in [6.45, 7) is -0.309. The van der Waals surface area contributed by atoms with Gasteiger partial charge in [0.2, 0.25) is 5.91 Å². The smallest absolute Gasteiger partial charge is 0.322 e. The molecule has 0 aliphatic heterocycles. The van der Waals surface area contributed by atoms with Gasteiger partial charge in [0.1, 0.15) is 6.54 Å². The van der Waals surface area contributed by atoms with Gasteiger partial charge >= 0.3 is 5.97 Å². The lowest BCUT2D eigenvalue weighted by atomic mass is 10.2. The van der Waals surface area contributed by atoms with Crippen molar-refractivity contribution < 1.29 is 14.7 Å². The monoisotopic (exact) mass is 292 g/mol. The molecule has 0 bridgehead atoms. The van der Waals surface area contributed by atoms with Crippen molar-refractivity contribution in [2.45, 2.75) is 25.7 Å². The Balaban J connectivity index is 1.70. The molecule has 1 amide bonds. The third-order valence-corrected chi connectivity index (χ3v) is 3.92. The average Bonchev–Trinajstić information content (AvgIpc) is 2.84. The number of nitrogens with zero attached hydrogens (tertiary/aromatic N) is 1. The predicted octanol–water partition coefficient (Wildman–Crippen LogP) is 2.21. The number of aryl methyl sites for hydroxylation is 1. The fourth-order valence-electron chi connectivity index (χ4n) is 1.85. The van der Waals surface area contributed by atoms with Crippen molar-refractivity contribution in [3.8, 4) is 0 Å². The first-order valence-corrected chi connectivity index (χ1v) is 7.30. The van der Waals surface area contributed by atoms with Crippen LogP contribution < -0.4 is 5.32 Å². The van der Waals surface area contributed by atoms with E-state index in [1.807, 2.05) is 18.2 Å². The van der Waals surface area contributed by atoms with Crippen LogP contribution in [0.1, 0.15) is 24.3 Å². The van der Waals surface area contributed by atoms with Gasteiger partial charge in [-0.1, -0.05) is 12.1 Å². The van der Waals surface area contributed by atoms with E-state index in [-0.39, 0.29) is 12.5 Å². The fraction of sp³-hybridized carbons (Fsp3) is 0.357. The third-order valence-electron chi connectivity index (χ3n) is 2.82. The van der Waals surface area contributed by atoms with Crippen LogP contribution >= 0.6 is 11.3 Å². The lowest BCUT2D eigenvalue weighted by molar-refractivity contribution is -0.137. The number of aromatic nitrogens is 1. The fourth-order valence-corrected chi connectivity index (χ4v) is 2.86. The second-order valence-corrected chi connectivity index (χ2v) is 5.57. The van der Waals surface area contributed by atoms with Crippen molar-refractivity contribution in [3.05, 3.63) is 29.3 Å². The quantitative estimate of drug-likeness (QED) is 0.767. The number of hydrogen-bond donors (Lipinski definition) is 2. The lowest BCUT2D eigenvalue weighted by Crippen LogP contribution is -2.28. The van der Waals surface area contributed by atoms with Crippen molar-refractivity contribution >= 4 is 33.4 Å². The zero-order valence-electron chi connectivity index (χ0n) is 11.0. The summed E-state index contributed by atoms with van der Waals surface area (Å²) in [6, 6.07) is 8.01. The van der Waals surface area contributed by atoms with Gasteiger partial charge in [-0.25, -0.2) is 4.98 Å². The van der Waals surface area contributed by atoms with Gasteiger partial charge in [0.15, 0.2) is 0 Å². The third kappa shape index (κ3) is 4.31. The van der Waals surface area contributed by atoms with E-state index in [1.54, 1.807) is 11.3 Å². The standard InChI is InChI=1S/C14H16N2O3S/c17-12(15-9-14(18)19)7-3-4-8-13-16-10-5-1-2-6-11(10)20-13/h1-2,5-6H,3-4,7-9H2,(H,15,17)(H,18,19). The lowest BCUT2D eigenvalue weighted by Gasteiger charge is -2.01. The number of fused-ring (bicyclic) bond motifs is 1. The molecule has 0 saturated heterocycles. The van der Waals surface area contributed by atoms with Gasteiger partial charge in [0.05, 0.1) is 15.2 Å². The number of para-hydroxylation sites is 1. The van der Waals surface area contributed by atoms with Gasteiger partial charge in [0.25, 0.3) is 0 Å². The molecule has 0 aliphatic carbocycles. The van der Waals surface area contributed by atoms with E-state index in [9.17, 15) is 9.59 Å². The average molecular weight is 292 g/mol. The van der Waals surface area contributed by atoms with Crippen LogP contribution in [0.25, 0.3) is 10.2 Å². The van der Waals surface area contributed by atoms with Crippen molar-refractivity contribution in [1.82, 2.24) is 10.3 Å². The molecule has 2 rings (SSSR count). The zero-order chi connectivity index (χ0) is 14.4. The molecule has 2 aromatic rings. The minimum absolute atomic E-state index is 0.211. The van der Waals surface area contributed by atoms with Gasteiger partial charge < -0.3 is 10.4 Å². The van der Waals surface area contributed by atoms with Gasteiger partial charge in [-0.2, -0.15) is 0 Å². The number of carboxylic acids is 1. The molecule has 6 heteroatoms. The molecular formula is C14H16N2O3S. The molecule has 0 spiro atoms. The highest BCUT2D eigenvalue weighted by molar-refractivity contribution is 7.18. The summed E-state index contributed by atoms with van der Waals surface area (Å²) in [5.74, 6) is -1.23. The number of rotatable bonds is 7. The maximum Gasteiger partial charge on any atom is 0.322 e. The van der Waals surface area contributed by atoms with Crippen LogP contribution in [0.5, 0.6) is 0 Å². The summed E-state index contributed by atoms with van der Waals surface area (Å²) in [5.41, 5.74) is 1.02. The highest BCUT2D eigenvalue weighted by Crippen LogP contribution is 2.22. The van der Waals surface area contributed by atoms with Gasteiger partial charge in [0, 0.05) is 6.42 Å². The van der Waals surface area contributed by atoms with Crippen LogP contribution in [0.2, 0.25) is 0 Å². The van der Waals surface area contributed by atoms with Crippen LogP contribution in [0.15, 0.2) is 24.3 Å². The Bertz CT molecular complexity index is 576. The maximum atomic E-state index is 11.3. The van der Waals surface area contributed by atoms with E-state index in [1.165, 1.54) is 4.70 Å². The second kappa shape index (κ2) is 7.00. The Morgan fingerprint density at radius 1 is 1.25 bits per heavy atom. The molecule has 0 aliphatic rings. The van der Waals surface area contributed by atoms with Crippen LogP contribution in [-0.2, 0) is 16.0 Å². The van der Waals surface area contributed by atoms with Gasteiger partial charge in [-0.3, -0.25) is 9.59 Å². The molecular weight excluding hydrogens is 276 g/mol. The van der Waals surface area contributed by atoms with Crippen molar-refractivity contribution in [1.29, 1.82) is 0 Å². The Hall–Kier alpha value is -1.95. The molecule has 1 aromatic carbocycles. The van der Waals surface area contributed by atoms with E-state index in [0.29, 0.717) is 6.42 Å². The largest absolute Gasteiger partial charge is 0.480 e. The number of carbonyl (C=O) groups excluding carboxylic acids is 1. The molecule has 0 saturated carbocycles. The van der Waals surface area contributed by atoms with Crippen LogP contribution in [0, 0.1) is 0 Å². The Morgan fingerprint density at radius 2 is 2.05 bits per heavy atom. The summed E-state index contributed by atoms with van der Waals surface area (Å²) in [7, 11) is 0. The molecule has 20 heavy (non-hydrogen) atoms. The SMILES string of the molecule is O=C(O)CNC(=O)CCCCc1nc2ccccc2s1. The second-order valence-electron chi connectivity index (χ2n) is 4.45. The molecule has 2 N–H and O–H groups in total. The zero-order valence-corrected chi connectivity index (χ0v) is 11.8. The van der Waals surface area contributed by atoms with E-state index >= 15 is 0 Å². The Kier molecular flexibility index (Phi) is 5.06. The molecule has 106 valence electrons. The highest BCUT2D eigenvalue weighted by atomic mass is 32.1. The number of hydrogen-bond acceptors (Lipinski definition) is 4. The van der Waals surface area contributed by atoms with E-state index < -0.39 is 5.97 Å². The van der Waals surface area contributed by atoms with Crippen LogP contribution in [-0.4, -0.2) is 28.5 Å². The number of benzene rings is 1. The first kappa shape index (κ1) is 14.5. The van der Waals surface area contributed by atoms with Gasteiger partial charge in [-0.05, 0) is 31.4 Å². The number of unbranched alkanes of at least 4 members (excludes halogenated alkanes) is 1.